The molecule has 2 N–H and O–H groups in total. The first kappa shape index (κ1) is 14.8. The third kappa shape index (κ3) is 2.80. The van der Waals surface area contributed by atoms with Crippen molar-refractivity contribution in [1.82, 2.24) is 4.98 Å². The van der Waals surface area contributed by atoms with Gasteiger partial charge in [0.1, 0.15) is 10.8 Å². The van der Waals surface area contributed by atoms with Crippen LogP contribution in [0.2, 0.25) is 5.02 Å². The van der Waals surface area contributed by atoms with Crippen LogP contribution in [0, 0.1) is 5.41 Å². The van der Waals surface area contributed by atoms with E-state index in [9.17, 15) is 0 Å². The third-order valence-corrected chi connectivity index (χ3v) is 5.37. The van der Waals surface area contributed by atoms with Gasteiger partial charge in [0.15, 0.2) is 0 Å². The fourth-order valence-corrected chi connectivity index (χ4v) is 4.23. The smallest absolute Gasteiger partial charge is 0.130 e. The molecular weight excluding hydrogens is 304 g/mol. The lowest BCUT2D eigenvalue weighted by molar-refractivity contribution is 0.282. The summed E-state index contributed by atoms with van der Waals surface area (Å²) in [6.07, 6.45) is 1.97. The summed E-state index contributed by atoms with van der Waals surface area (Å²) in [5, 5.41) is 1.62. The van der Waals surface area contributed by atoms with Gasteiger partial charge in [0.05, 0.1) is 18.4 Å². The molecule has 0 saturated carbocycles. The minimum Gasteiger partial charge on any atom is -0.496 e. The molecule has 1 aromatic carbocycles. The molecule has 0 saturated heterocycles. The average molecular weight is 323 g/mol. The summed E-state index contributed by atoms with van der Waals surface area (Å²) in [7, 11) is 1.65. The molecule has 3 rings (SSSR count). The summed E-state index contributed by atoms with van der Waals surface area (Å²) in [5.74, 6) is 0.751. The van der Waals surface area contributed by atoms with Crippen LogP contribution in [-0.4, -0.2) is 12.1 Å². The third-order valence-electron chi connectivity index (χ3n) is 3.88. The predicted molar refractivity (Wildman–Crippen MR) is 88.1 cm³/mol. The van der Waals surface area contributed by atoms with Crippen molar-refractivity contribution < 1.29 is 4.74 Å². The molecule has 1 aliphatic rings. The molecule has 0 amide bonds. The summed E-state index contributed by atoms with van der Waals surface area (Å²) in [6.45, 7) is 4.50. The Balaban J connectivity index is 2.06. The zero-order valence-electron chi connectivity index (χ0n) is 12.4. The van der Waals surface area contributed by atoms with E-state index in [1.165, 1.54) is 4.88 Å². The predicted octanol–water partition coefficient (Wildman–Crippen LogP) is 4.44. The maximum absolute atomic E-state index is 6.33. The minimum absolute atomic E-state index is 0.0771. The van der Waals surface area contributed by atoms with E-state index in [0.717, 1.165) is 34.9 Å². The number of halogens is 1. The van der Waals surface area contributed by atoms with Crippen molar-refractivity contribution in [3.05, 3.63) is 33.8 Å². The average Bonchev–Trinajstić information content (AvgIpc) is 2.80. The molecule has 3 nitrogen and oxygen atoms in total. The molecular formula is C16H19ClN2OS. The van der Waals surface area contributed by atoms with Crippen LogP contribution in [0.15, 0.2) is 18.2 Å². The van der Waals surface area contributed by atoms with Gasteiger partial charge in [-0.1, -0.05) is 25.4 Å². The Hall–Kier alpha value is -1.10. The Bertz CT molecular complexity index is 681. The normalized spacial score (nSPS) is 20.1. The van der Waals surface area contributed by atoms with Gasteiger partial charge >= 0.3 is 0 Å². The molecule has 1 heterocycles. The summed E-state index contributed by atoms with van der Waals surface area (Å²) in [4.78, 5) is 6.03. The number of benzene rings is 1. The number of hydrogen-bond acceptors (Lipinski definition) is 4. The molecule has 1 aromatic heterocycles. The number of aromatic nitrogens is 1. The molecule has 5 heteroatoms. The van der Waals surface area contributed by atoms with Crippen molar-refractivity contribution in [2.45, 2.75) is 32.7 Å². The van der Waals surface area contributed by atoms with E-state index in [2.05, 4.69) is 13.8 Å². The molecule has 21 heavy (non-hydrogen) atoms. The van der Waals surface area contributed by atoms with E-state index in [1.54, 1.807) is 18.4 Å². The van der Waals surface area contributed by atoms with Crippen molar-refractivity contribution in [1.29, 1.82) is 0 Å². The summed E-state index contributed by atoms with van der Waals surface area (Å²) >= 11 is 7.70. The first-order chi connectivity index (χ1) is 9.89. The molecule has 0 aliphatic heterocycles. The van der Waals surface area contributed by atoms with Crippen LogP contribution in [0.1, 0.15) is 36.9 Å². The van der Waals surface area contributed by atoms with Crippen LogP contribution in [-0.2, 0) is 6.42 Å². The van der Waals surface area contributed by atoms with E-state index >= 15 is 0 Å². The molecule has 0 spiro atoms. The van der Waals surface area contributed by atoms with Gasteiger partial charge in [0.25, 0.3) is 0 Å². The van der Waals surface area contributed by atoms with Gasteiger partial charge < -0.3 is 10.5 Å². The van der Waals surface area contributed by atoms with Crippen LogP contribution in [0.5, 0.6) is 5.75 Å². The number of thiazole rings is 1. The van der Waals surface area contributed by atoms with E-state index in [-0.39, 0.29) is 11.5 Å². The van der Waals surface area contributed by atoms with Gasteiger partial charge in [-0.2, -0.15) is 0 Å². The maximum Gasteiger partial charge on any atom is 0.130 e. The highest BCUT2D eigenvalue weighted by Gasteiger charge is 2.33. The van der Waals surface area contributed by atoms with E-state index in [4.69, 9.17) is 27.1 Å². The van der Waals surface area contributed by atoms with Crippen molar-refractivity contribution in [3.63, 3.8) is 0 Å². The Morgan fingerprint density at radius 2 is 2.19 bits per heavy atom. The highest BCUT2D eigenvalue weighted by molar-refractivity contribution is 7.15. The van der Waals surface area contributed by atoms with Crippen molar-refractivity contribution in [3.8, 4) is 16.3 Å². The number of fused-ring (bicyclic) bond motifs is 1. The highest BCUT2D eigenvalue weighted by Crippen LogP contribution is 2.45. The van der Waals surface area contributed by atoms with E-state index < -0.39 is 0 Å². The molecule has 0 fully saturated rings. The molecule has 1 unspecified atom stereocenters. The molecule has 2 aromatic rings. The number of methoxy groups -OCH3 is 1. The Morgan fingerprint density at radius 3 is 2.90 bits per heavy atom. The Kier molecular flexibility index (Phi) is 3.72. The zero-order chi connectivity index (χ0) is 15.2. The number of hydrogen-bond donors (Lipinski definition) is 1. The standard InChI is InChI=1S/C16H19ClN2OS/c1-16(2)7-11(18)14-12(8-16)19-15(21-14)10-5-4-9(17)6-13(10)20-3/h4-6,11H,7-8,18H2,1-3H3. The van der Waals surface area contributed by atoms with Crippen LogP contribution < -0.4 is 10.5 Å². The molecule has 1 aliphatic carbocycles. The second-order valence-electron chi connectivity index (χ2n) is 6.33. The van der Waals surface area contributed by atoms with Gasteiger partial charge in [0, 0.05) is 15.9 Å². The highest BCUT2D eigenvalue weighted by atomic mass is 35.5. The second kappa shape index (κ2) is 5.27. The minimum atomic E-state index is 0.0771. The van der Waals surface area contributed by atoms with Gasteiger partial charge in [-0.25, -0.2) is 4.98 Å². The number of nitrogens with zero attached hydrogens (tertiary/aromatic N) is 1. The van der Waals surface area contributed by atoms with E-state index in [0.29, 0.717) is 5.02 Å². The lowest BCUT2D eigenvalue weighted by atomic mass is 9.77. The monoisotopic (exact) mass is 322 g/mol. The summed E-state index contributed by atoms with van der Waals surface area (Å²) < 4.78 is 5.43. The molecule has 0 radical (unpaired) electrons. The molecule has 1 atom stereocenters. The first-order valence-electron chi connectivity index (χ1n) is 6.99. The summed E-state index contributed by atoms with van der Waals surface area (Å²) in [6, 6.07) is 5.72. The molecule has 0 bridgehead atoms. The van der Waals surface area contributed by atoms with Gasteiger partial charge in [0.2, 0.25) is 0 Å². The topological polar surface area (TPSA) is 48.1 Å². The molecule has 112 valence electrons. The SMILES string of the molecule is COc1cc(Cl)ccc1-c1nc2c(s1)C(N)CC(C)(C)C2. The quantitative estimate of drug-likeness (QED) is 0.889. The fourth-order valence-electron chi connectivity index (χ4n) is 2.95. The van der Waals surface area contributed by atoms with E-state index in [1.807, 2.05) is 18.2 Å². The van der Waals surface area contributed by atoms with Crippen LogP contribution >= 0.6 is 22.9 Å². The lowest BCUT2D eigenvalue weighted by Gasteiger charge is -2.32. The van der Waals surface area contributed by atoms with Gasteiger partial charge in [-0.15, -0.1) is 11.3 Å². The van der Waals surface area contributed by atoms with Crippen molar-refractivity contribution in [2.24, 2.45) is 11.1 Å². The summed E-state index contributed by atoms with van der Waals surface area (Å²) in [5.41, 5.74) is 8.65. The Morgan fingerprint density at radius 1 is 1.43 bits per heavy atom. The largest absolute Gasteiger partial charge is 0.496 e. The van der Waals surface area contributed by atoms with Crippen molar-refractivity contribution >= 4 is 22.9 Å². The fraction of sp³-hybridized carbons (Fsp3) is 0.438. The number of nitrogens with two attached hydrogens (primary N) is 1. The first-order valence-corrected chi connectivity index (χ1v) is 8.18. The maximum atomic E-state index is 6.33. The number of ether oxygens (including phenoxy) is 1. The van der Waals surface area contributed by atoms with Crippen LogP contribution in [0.25, 0.3) is 10.6 Å². The second-order valence-corrected chi connectivity index (χ2v) is 7.79. The van der Waals surface area contributed by atoms with Gasteiger partial charge in [-0.3, -0.25) is 0 Å². The van der Waals surface area contributed by atoms with Crippen LogP contribution in [0.3, 0.4) is 0 Å². The van der Waals surface area contributed by atoms with Gasteiger partial charge in [-0.05, 0) is 36.5 Å². The number of rotatable bonds is 2. The zero-order valence-corrected chi connectivity index (χ0v) is 14.0. The van der Waals surface area contributed by atoms with Crippen molar-refractivity contribution in [2.75, 3.05) is 7.11 Å². The lowest BCUT2D eigenvalue weighted by Crippen LogP contribution is -2.28. The van der Waals surface area contributed by atoms with Crippen LogP contribution in [0.4, 0.5) is 0 Å². The Labute approximate surface area is 134 Å².